The minimum absolute atomic E-state index is 0.307. The minimum atomic E-state index is -0.307. The number of methoxy groups -OCH3 is 1. The molecule has 0 saturated heterocycles. The van der Waals surface area contributed by atoms with Gasteiger partial charge in [-0.05, 0) is 29.8 Å². The molecule has 0 atom stereocenters. The summed E-state index contributed by atoms with van der Waals surface area (Å²) in [5.41, 5.74) is 0.960. The van der Waals surface area contributed by atoms with E-state index in [-0.39, 0.29) is 6.03 Å². The topological polar surface area (TPSA) is 63.2 Å². The van der Waals surface area contributed by atoms with Crippen molar-refractivity contribution in [1.82, 2.24) is 10.3 Å². The fraction of sp³-hybridized carbons (Fsp3) is 0.143. The fourth-order valence-electron chi connectivity index (χ4n) is 1.60. The van der Waals surface area contributed by atoms with E-state index in [4.69, 9.17) is 4.74 Å². The Morgan fingerprint density at radius 3 is 2.95 bits per heavy atom. The van der Waals surface area contributed by atoms with Crippen LogP contribution in [0.15, 0.2) is 47.1 Å². The summed E-state index contributed by atoms with van der Waals surface area (Å²) >= 11 is 3.32. The molecule has 5 nitrogen and oxygen atoms in total. The van der Waals surface area contributed by atoms with E-state index >= 15 is 0 Å². The lowest BCUT2D eigenvalue weighted by atomic mass is 10.2. The number of anilines is 1. The highest BCUT2D eigenvalue weighted by atomic mass is 79.9. The van der Waals surface area contributed by atoms with Crippen LogP contribution in [0.1, 0.15) is 5.56 Å². The van der Waals surface area contributed by atoms with Gasteiger partial charge in [0.15, 0.2) is 0 Å². The first-order valence-corrected chi connectivity index (χ1v) is 6.76. The summed E-state index contributed by atoms with van der Waals surface area (Å²) in [6, 6.07) is 10.7. The van der Waals surface area contributed by atoms with E-state index < -0.39 is 0 Å². The van der Waals surface area contributed by atoms with Crippen LogP contribution in [0.5, 0.6) is 5.75 Å². The van der Waals surface area contributed by atoms with Crippen molar-refractivity contribution in [2.24, 2.45) is 0 Å². The molecule has 0 unspecified atom stereocenters. The van der Waals surface area contributed by atoms with Gasteiger partial charge in [-0.2, -0.15) is 0 Å². The van der Waals surface area contributed by atoms with Crippen LogP contribution in [0.4, 0.5) is 10.6 Å². The molecule has 2 N–H and O–H groups in total. The second-order valence-electron chi connectivity index (χ2n) is 4.02. The Labute approximate surface area is 125 Å². The van der Waals surface area contributed by atoms with Gasteiger partial charge in [-0.25, -0.2) is 9.78 Å². The minimum Gasteiger partial charge on any atom is -0.497 e. The predicted molar refractivity (Wildman–Crippen MR) is 80.8 cm³/mol. The molecule has 1 aromatic heterocycles. The number of hydrogen-bond donors (Lipinski definition) is 2. The monoisotopic (exact) mass is 335 g/mol. The van der Waals surface area contributed by atoms with E-state index in [0.29, 0.717) is 12.4 Å². The summed E-state index contributed by atoms with van der Waals surface area (Å²) in [4.78, 5) is 15.8. The number of pyridine rings is 1. The molecular formula is C14H14BrN3O2. The Morgan fingerprint density at radius 1 is 1.35 bits per heavy atom. The summed E-state index contributed by atoms with van der Waals surface area (Å²) in [7, 11) is 1.61. The van der Waals surface area contributed by atoms with Gasteiger partial charge < -0.3 is 10.1 Å². The molecule has 0 saturated carbocycles. The molecule has 1 aromatic carbocycles. The first-order valence-electron chi connectivity index (χ1n) is 5.97. The van der Waals surface area contributed by atoms with Crippen molar-refractivity contribution >= 4 is 27.8 Å². The largest absolute Gasteiger partial charge is 0.497 e. The average Bonchev–Trinajstić information content (AvgIpc) is 2.45. The van der Waals surface area contributed by atoms with Crippen LogP contribution < -0.4 is 15.4 Å². The van der Waals surface area contributed by atoms with Gasteiger partial charge in [0, 0.05) is 17.2 Å². The Bertz CT molecular complexity index is 604. The predicted octanol–water partition coefficient (Wildman–Crippen LogP) is 3.17. The molecule has 0 aliphatic heterocycles. The van der Waals surface area contributed by atoms with Gasteiger partial charge in [-0.15, -0.1) is 0 Å². The lowest BCUT2D eigenvalue weighted by Gasteiger charge is -2.08. The number of amides is 2. The Hall–Kier alpha value is -2.08. The first-order chi connectivity index (χ1) is 9.67. The Balaban J connectivity index is 1.88. The fourth-order valence-corrected chi connectivity index (χ4v) is 1.93. The number of carbonyl (C=O) groups excluding carboxylic acids is 1. The number of nitrogens with one attached hydrogen (secondary N) is 2. The van der Waals surface area contributed by atoms with Crippen LogP contribution in [-0.4, -0.2) is 18.1 Å². The number of aromatic nitrogens is 1. The maximum Gasteiger partial charge on any atom is 0.320 e. The summed E-state index contributed by atoms with van der Waals surface area (Å²) in [6.45, 7) is 0.414. The number of rotatable bonds is 4. The molecule has 0 fully saturated rings. The molecule has 2 aromatic rings. The third-order valence-electron chi connectivity index (χ3n) is 2.55. The van der Waals surface area contributed by atoms with Crippen LogP contribution in [0, 0.1) is 0 Å². The van der Waals surface area contributed by atoms with Crippen LogP contribution in [-0.2, 0) is 6.54 Å². The van der Waals surface area contributed by atoms with Crippen LogP contribution >= 0.6 is 15.9 Å². The van der Waals surface area contributed by atoms with Gasteiger partial charge >= 0.3 is 6.03 Å². The number of halogens is 1. The first kappa shape index (κ1) is 14.3. The molecule has 2 rings (SSSR count). The lowest BCUT2D eigenvalue weighted by molar-refractivity contribution is 0.251. The van der Waals surface area contributed by atoms with E-state index in [9.17, 15) is 4.79 Å². The van der Waals surface area contributed by atoms with Crippen molar-refractivity contribution in [2.45, 2.75) is 6.54 Å². The third-order valence-corrected chi connectivity index (χ3v) is 3.04. The zero-order valence-corrected chi connectivity index (χ0v) is 12.5. The highest BCUT2D eigenvalue weighted by molar-refractivity contribution is 9.10. The van der Waals surface area contributed by atoms with Gasteiger partial charge in [0.2, 0.25) is 0 Å². The maximum atomic E-state index is 11.7. The number of hydrogen-bond acceptors (Lipinski definition) is 3. The van der Waals surface area contributed by atoms with Crippen molar-refractivity contribution in [3.05, 3.63) is 52.6 Å². The van der Waals surface area contributed by atoms with Crippen molar-refractivity contribution in [3.8, 4) is 5.75 Å². The van der Waals surface area contributed by atoms with E-state index in [1.807, 2.05) is 24.3 Å². The van der Waals surface area contributed by atoms with Gasteiger partial charge in [0.05, 0.1) is 7.11 Å². The molecular weight excluding hydrogens is 322 g/mol. The molecule has 0 aliphatic carbocycles. The maximum absolute atomic E-state index is 11.7. The SMILES string of the molecule is COc1cccc(CNC(=O)Nc2cc(Br)ccn2)c1. The van der Waals surface area contributed by atoms with Gasteiger partial charge in [-0.3, -0.25) is 5.32 Å². The molecule has 2 amide bonds. The smallest absolute Gasteiger partial charge is 0.320 e. The molecule has 0 spiro atoms. The molecule has 1 heterocycles. The second-order valence-corrected chi connectivity index (χ2v) is 4.93. The van der Waals surface area contributed by atoms with E-state index in [2.05, 4.69) is 31.5 Å². The lowest BCUT2D eigenvalue weighted by Crippen LogP contribution is -2.28. The quantitative estimate of drug-likeness (QED) is 0.901. The van der Waals surface area contributed by atoms with Crippen molar-refractivity contribution in [2.75, 3.05) is 12.4 Å². The van der Waals surface area contributed by atoms with E-state index in [1.54, 1.807) is 25.4 Å². The molecule has 104 valence electrons. The van der Waals surface area contributed by atoms with Crippen LogP contribution in [0.2, 0.25) is 0 Å². The number of ether oxygens (including phenoxy) is 1. The van der Waals surface area contributed by atoms with Crippen molar-refractivity contribution in [1.29, 1.82) is 0 Å². The zero-order chi connectivity index (χ0) is 14.4. The molecule has 6 heteroatoms. The van der Waals surface area contributed by atoms with Crippen LogP contribution in [0.3, 0.4) is 0 Å². The van der Waals surface area contributed by atoms with E-state index in [1.165, 1.54) is 0 Å². The summed E-state index contributed by atoms with van der Waals surface area (Å²) in [5.74, 6) is 1.25. The second kappa shape index (κ2) is 6.91. The third kappa shape index (κ3) is 4.24. The Kier molecular flexibility index (Phi) is 4.95. The standard InChI is InChI=1S/C14H14BrN3O2/c1-20-12-4-2-3-10(7-12)9-17-14(19)18-13-8-11(15)5-6-16-13/h2-8H,9H2,1H3,(H2,16,17,18,19). The van der Waals surface area contributed by atoms with Gasteiger partial charge in [0.25, 0.3) is 0 Å². The zero-order valence-electron chi connectivity index (χ0n) is 10.9. The number of nitrogens with zero attached hydrogens (tertiary/aromatic N) is 1. The van der Waals surface area contributed by atoms with Crippen LogP contribution in [0.25, 0.3) is 0 Å². The van der Waals surface area contributed by atoms with Gasteiger partial charge in [0.1, 0.15) is 11.6 Å². The van der Waals surface area contributed by atoms with Crippen molar-refractivity contribution in [3.63, 3.8) is 0 Å². The summed E-state index contributed by atoms with van der Waals surface area (Å²) in [6.07, 6.45) is 1.61. The number of carbonyl (C=O) groups is 1. The van der Waals surface area contributed by atoms with Gasteiger partial charge in [-0.1, -0.05) is 28.1 Å². The number of urea groups is 1. The molecule has 0 aliphatic rings. The summed E-state index contributed by atoms with van der Waals surface area (Å²) in [5, 5.41) is 5.42. The normalized spacial score (nSPS) is 9.90. The highest BCUT2D eigenvalue weighted by Gasteiger charge is 2.03. The highest BCUT2D eigenvalue weighted by Crippen LogP contribution is 2.13. The molecule has 0 radical (unpaired) electrons. The molecule has 0 bridgehead atoms. The van der Waals surface area contributed by atoms with E-state index in [0.717, 1.165) is 15.8 Å². The Morgan fingerprint density at radius 2 is 2.20 bits per heavy atom. The summed E-state index contributed by atoms with van der Waals surface area (Å²) < 4.78 is 5.98. The average molecular weight is 336 g/mol. The molecule has 20 heavy (non-hydrogen) atoms. The number of benzene rings is 1. The van der Waals surface area contributed by atoms with Crippen molar-refractivity contribution < 1.29 is 9.53 Å².